The summed E-state index contributed by atoms with van der Waals surface area (Å²) in [6.07, 6.45) is 0. The molecule has 0 radical (unpaired) electrons. The molecule has 0 aliphatic rings. The Balaban J connectivity index is 2.57. The van der Waals surface area contributed by atoms with Crippen LogP contribution in [0.3, 0.4) is 0 Å². The number of hydrogen-bond donors (Lipinski definition) is 1. The van der Waals surface area contributed by atoms with Gasteiger partial charge in [-0.15, -0.1) is 0 Å². The normalized spacial score (nSPS) is 10.6. The van der Waals surface area contributed by atoms with Crippen LogP contribution >= 0.6 is 0 Å². The Labute approximate surface area is 119 Å². The highest BCUT2D eigenvalue weighted by Crippen LogP contribution is 2.25. The van der Waals surface area contributed by atoms with Crippen LogP contribution in [0.2, 0.25) is 0 Å². The van der Waals surface area contributed by atoms with Crippen molar-refractivity contribution >= 4 is 11.4 Å². The first kappa shape index (κ1) is 16.2. The minimum absolute atomic E-state index is 0.0153. The van der Waals surface area contributed by atoms with E-state index in [9.17, 15) is 10.1 Å². The average Bonchev–Trinajstić information content (AvgIpc) is 2.38. The van der Waals surface area contributed by atoms with Gasteiger partial charge in [0.1, 0.15) is 5.75 Å². The third-order valence-corrected chi connectivity index (χ3v) is 2.44. The van der Waals surface area contributed by atoms with E-state index in [1.165, 1.54) is 12.1 Å². The monoisotopic (exact) mass is 282 g/mol. The van der Waals surface area contributed by atoms with Crippen LogP contribution in [0.15, 0.2) is 18.2 Å². The van der Waals surface area contributed by atoms with Gasteiger partial charge in [0.15, 0.2) is 0 Å². The molecule has 1 aromatic carbocycles. The molecule has 112 valence electrons. The number of hydrogen-bond acceptors (Lipinski definition) is 5. The van der Waals surface area contributed by atoms with Gasteiger partial charge in [-0.3, -0.25) is 10.1 Å². The molecule has 0 bridgehead atoms. The molecule has 0 aliphatic heterocycles. The lowest BCUT2D eigenvalue weighted by molar-refractivity contribution is -0.384. The molecule has 0 aliphatic carbocycles. The third kappa shape index (κ3) is 5.88. The molecule has 6 heteroatoms. The number of nitro groups is 1. The van der Waals surface area contributed by atoms with Crippen LogP contribution < -0.4 is 10.1 Å². The number of benzene rings is 1. The van der Waals surface area contributed by atoms with Crippen molar-refractivity contribution in [2.24, 2.45) is 5.92 Å². The van der Waals surface area contributed by atoms with Crippen LogP contribution in [0.25, 0.3) is 0 Å². The Morgan fingerprint density at radius 3 is 2.70 bits per heavy atom. The third-order valence-electron chi connectivity index (χ3n) is 2.44. The molecular weight excluding hydrogens is 260 g/mol. The molecule has 1 aromatic rings. The first-order valence-corrected chi connectivity index (χ1v) is 6.76. The highest BCUT2D eigenvalue weighted by Gasteiger charge is 2.10. The highest BCUT2D eigenvalue weighted by molar-refractivity contribution is 5.56. The lowest BCUT2D eigenvalue weighted by Gasteiger charge is -2.10. The summed E-state index contributed by atoms with van der Waals surface area (Å²) >= 11 is 0. The summed E-state index contributed by atoms with van der Waals surface area (Å²) < 4.78 is 10.8. The van der Waals surface area contributed by atoms with Gasteiger partial charge < -0.3 is 14.8 Å². The van der Waals surface area contributed by atoms with E-state index < -0.39 is 4.92 Å². The number of nitrogens with one attached hydrogen (secondary N) is 1. The van der Waals surface area contributed by atoms with Gasteiger partial charge in [0.2, 0.25) is 0 Å². The van der Waals surface area contributed by atoms with E-state index in [-0.39, 0.29) is 5.69 Å². The molecule has 1 N–H and O–H groups in total. The maximum atomic E-state index is 10.9. The summed E-state index contributed by atoms with van der Waals surface area (Å²) in [5.74, 6) is 0.990. The Bertz CT molecular complexity index is 435. The van der Waals surface area contributed by atoms with Gasteiger partial charge in [-0.05, 0) is 12.8 Å². The molecule has 0 unspecified atom stereocenters. The number of anilines is 1. The molecule has 20 heavy (non-hydrogen) atoms. The predicted molar refractivity (Wildman–Crippen MR) is 78.4 cm³/mol. The predicted octanol–water partition coefficient (Wildman–Crippen LogP) is 3.08. The summed E-state index contributed by atoms with van der Waals surface area (Å²) in [5.41, 5.74) is 0.678. The van der Waals surface area contributed by atoms with Crippen LogP contribution in [-0.4, -0.2) is 31.3 Å². The summed E-state index contributed by atoms with van der Waals surface area (Å²) in [6.45, 7) is 8.35. The van der Waals surface area contributed by atoms with Crippen molar-refractivity contribution in [1.82, 2.24) is 0 Å². The Morgan fingerprint density at radius 2 is 2.10 bits per heavy atom. The van der Waals surface area contributed by atoms with Crippen LogP contribution in [0.4, 0.5) is 11.4 Å². The first-order chi connectivity index (χ1) is 9.52. The Hall–Kier alpha value is -1.82. The van der Waals surface area contributed by atoms with Crippen molar-refractivity contribution in [3.63, 3.8) is 0 Å². The number of rotatable bonds is 9. The lowest BCUT2D eigenvalue weighted by atomic mass is 10.2. The first-order valence-electron chi connectivity index (χ1n) is 6.76. The van der Waals surface area contributed by atoms with Crippen molar-refractivity contribution in [2.75, 3.05) is 31.7 Å². The molecule has 0 saturated carbocycles. The number of nitro benzene ring substituents is 1. The van der Waals surface area contributed by atoms with E-state index in [0.717, 1.165) is 0 Å². The van der Waals surface area contributed by atoms with Crippen LogP contribution in [0.5, 0.6) is 5.75 Å². The number of ether oxygens (including phenoxy) is 2. The number of nitrogens with zero attached hydrogens (tertiary/aromatic N) is 1. The van der Waals surface area contributed by atoms with E-state index in [1.54, 1.807) is 6.07 Å². The van der Waals surface area contributed by atoms with Gasteiger partial charge in [-0.25, -0.2) is 0 Å². The van der Waals surface area contributed by atoms with Gasteiger partial charge >= 0.3 is 0 Å². The van der Waals surface area contributed by atoms with Gasteiger partial charge in [0.25, 0.3) is 5.69 Å². The molecule has 0 atom stereocenters. The van der Waals surface area contributed by atoms with E-state index in [4.69, 9.17) is 9.47 Å². The number of non-ortho nitro benzene ring substituents is 1. The quantitative estimate of drug-likeness (QED) is 0.428. The maximum Gasteiger partial charge on any atom is 0.275 e. The van der Waals surface area contributed by atoms with Crippen molar-refractivity contribution in [3.8, 4) is 5.75 Å². The lowest BCUT2D eigenvalue weighted by Crippen LogP contribution is -2.12. The summed E-state index contributed by atoms with van der Waals surface area (Å²) in [5, 5.41) is 14.0. The second kappa shape index (κ2) is 8.37. The maximum absolute atomic E-state index is 10.9. The summed E-state index contributed by atoms with van der Waals surface area (Å²) in [6, 6.07) is 4.66. The van der Waals surface area contributed by atoms with E-state index in [0.29, 0.717) is 43.7 Å². The molecule has 0 amide bonds. The SMILES string of the molecule is CCOc1cc(NCCOCC(C)C)cc([N+](=O)[O-])c1. The molecular formula is C14H22N2O4. The molecule has 6 nitrogen and oxygen atoms in total. The second-order valence-electron chi connectivity index (χ2n) is 4.80. The van der Waals surface area contributed by atoms with Crippen molar-refractivity contribution in [1.29, 1.82) is 0 Å². The van der Waals surface area contributed by atoms with Crippen molar-refractivity contribution in [3.05, 3.63) is 28.3 Å². The Kier molecular flexibility index (Phi) is 6.79. The second-order valence-corrected chi connectivity index (χ2v) is 4.80. The molecule has 0 saturated heterocycles. The summed E-state index contributed by atoms with van der Waals surface area (Å²) in [4.78, 5) is 10.4. The van der Waals surface area contributed by atoms with Crippen molar-refractivity contribution in [2.45, 2.75) is 20.8 Å². The highest BCUT2D eigenvalue weighted by atomic mass is 16.6. The fourth-order valence-electron chi connectivity index (χ4n) is 1.63. The molecule has 1 rings (SSSR count). The van der Waals surface area contributed by atoms with Crippen molar-refractivity contribution < 1.29 is 14.4 Å². The van der Waals surface area contributed by atoms with E-state index in [2.05, 4.69) is 19.2 Å². The fourth-order valence-corrected chi connectivity index (χ4v) is 1.63. The minimum Gasteiger partial charge on any atom is -0.494 e. The molecule has 0 heterocycles. The van der Waals surface area contributed by atoms with Gasteiger partial charge in [0, 0.05) is 31.0 Å². The summed E-state index contributed by atoms with van der Waals surface area (Å²) in [7, 11) is 0. The van der Waals surface area contributed by atoms with Gasteiger partial charge in [-0.1, -0.05) is 13.8 Å². The molecule has 0 spiro atoms. The molecule has 0 aromatic heterocycles. The zero-order valence-electron chi connectivity index (χ0n) is 12.2. The topological polar surface area (TPSA) is 73.6 Å². The smallest absolute Gasteiger partial charge is 0.275 e. The Morgan fingerprint density at radius 1 is 1.35 bits per heavy atom. The van der Waals surface area contributed by atoms with E-state index in [1.807, 2.05) is 6.92 Å². The van der Waals surface area contributed by atoms with Crippen LogP contribution in [-0.2, 0) is 4.74 Å². The zero-order valence-corrected chi connectivity index (χ0v) is 12.2. The van der Waals surface area contributed by atoms with E-state index >= 15 is 0 Å². The minimum atomic E-state index is -0.428. The van der Waals surface area contributed by atoms with Gasteiger partial charge in [0.05, 0.1) is 24.2 Å². The standard InChI is InChI=1S/C14H22N2O4/c1-4-20-14-8-12(7-13(9-14)16(17)18)15-5-6-19-10-11(2)3/h7-9,11,15H,4-6,10H2,1-3H3. The van der Waals surface area contributed by atoms with Crippen LogP contribution in [0.1, 0.15) is 20.8 Å². The average molecular weight is 282 g/mol. The largest absolute Gasteiger partial charge is 0.494 e. The zero-order chi connectivity index (χ0) is 15.0. The molecule has 0 fully saturated rings. The van der Waals surface area contributed by atoms with Gasteiger partial charge in [-0.2, -0.15) is 0 Å². The van der Waals surface area contributed by atoms with Crippen LogP contribution in [0, 0.1) is 16.0 Å². The fraction of sp³-hybridized carbons (Fsp3) is 0.571.